The maximum atomic E-state index is 14.0. The number of esters is 1. The number of benzene rings is 3. The Morgan fingerprint density at radius 3 is 2.00 bits per heavy atom. The summed E-state index contributed by atoms with van der Waals surface area (Å²) >= 11 is 0. The Balaban J connectivity index is 1.64. The molecular weight excluding hydrogens is 496 g/mol. The molecule has 1 aliphatic heterocycles. The molecule has 3 aromatic rings. The van der Waals surface area contributed by atoms with E-state index in [1.54, 1.807) is 23.4 Å². The fourth-order valence-corrected chi connectivity index (χ4v) is 7.85. The van der Waals surface area contributed by atoms with Gasteiger partial charge in [0.2, 0.25) is 10.0 Å². The number of aryl methyl sites for hydroxylation is 1. The minimum absolute atomic E-state index is 0.196. The van der Waals surface area contributed by atoms with Crippen LogP contribution in [0.25, 0.3) is 0 Å². The van der Waals surface area contributed by atoms with Gasteiger partial charge in [-0.15, -0.1) is 0 Å². The van der Waals surface area contributed by atoms with Crippen LogP contribution >= 0.6 is 0 Å². The highest BCUT2D eigenvalue weighted by atomic mass is 32.2. The zero-order valence-corrected chi connectivity index (χ0v) is 22.7. The van der Waals surface area contributed by atoms with Crippen molar-refractivity contribution in [1.29, 1.82) is 0 Å². The molecule has 1 unspecified atom stereocenters. The maximum absolute atomic E-state index is 14.0. The molecule has 0 amide bonds. The van der Waals surface area contributed by atoms with Gasteiger partial charge >= 0.3 is 5.97 Å². The number of hydrogen-bond acceptors (Lipinski definition) is 5. The van der Waals surface area contributed by atoms with E-state index in [2.05, 4.69) is 0 Å². The van der Waals surface area contributed by atoms with Gasteiger partial charge in [-0.05, 0) is 38.8 Å². The van der Waals surface area contributed by atoms with Crippen LogP contribution in [0.4, 0.5) is 0 Å². The fourth-order valence-electron chi connectivity index (χ4n) is 5.81. The van der Waals surface area contributed by atoms with Crippen LogP contribution in [0, 0.1) is 6.92 Å². The third-order valence-corrected chi connectivity index (χ3v) is 9.64. The van der Waals surface area contributed by atoms with Crippen molar-refractivity contribution in [3.05, 3.63) is 102 Å². The monoisotopic (exact) mass is 530 g/mol. The number of sulfonamides is 1. The number of hydrogen-bond donors (Lipinski definition) is 0. The molecule has 1 saturated heterocycles. The van der Waals surface area contributed by atoms with Gasteiger partial charge in [-0.3, -0.25) is 4.99 Å². The molecule has 2 aliphatic rings. The van der Waals surface area contributed by atoms with Gasteiger partial charge in [-0.25, -0.2) is 13.2 Å². The number of ether oxygens (including phenoxy) is 1. The molecule has 0 radical (unpaired) electrons. The molecule has 38 heavy (non-hydrogen) atoms. The second-order valence-electron chi connectivity index (χ2n) is 10.1. The number of rotatable bonds is 8. The Morgan fingerprint density at radius 1 is 0.921 bits per heavy atom. The van der Waals surface area contributed by atoms with E-state index in [4.69, 9.17) is 9.73 Å². The number of carbonyl (C=O) groups is 1. The van der Waals surface area contributed by atoms with Crippen LogP contribution < -0.4 is 0 Å². The lowest BCUT2D eigenvalue weighted by molar-refractivity contribution is -0.144. The van der Waals surface area contributed by atoms with Gasteiger partial charge in [0.1, 0.15) is 0 Å². The Labute approximate surface area is 225 Å². The summed E-state index contributed by atoms with van der Waals surface area (Å²) in [7, 11) is -3.84. The second kappa shape index (κ2) is 10.8. The molecule has 1 saturated carbocycles. The van der Waals surface area contributed by atoms with E-state index in [0.29, 0.717) is 18.6 Å². The highest BCUT2D eigenvalue weighted by molar-refractivity contribution is 7.89. The smallest absolute Gasteiger partial charge is 0.332 e. The third kappa shape index (κ3) is 4.93. The van der Waals surface area contributed by atoms with Crippen LogP contribution in [-0.4, -0.2) is 48.6 Å². The van der Waals surface area contributed by atoms with Crippen molar-refractivity contribution in [2.45, 2.75) is 68.5 Å². The summed E-state index contributed by atoms with van der Waals surface area (Å²) in [6.45, 7) is 3.89. The fraction of sp³-hybridized carbons (Fsp3) is 0.355. The van der Waals surface area contributed by atoms with Crippen molar-refractivity contribution in [2.75, 3.05) is 6.61 Å². The second-order valence-corrected chi connectivity index (χ2v) is 11.9. The molecule has 3 aromatic carbocycles. The van der Waals surface area contributed by atoms with E-state index in [1.165, 1.54) is 0 Å². The van der Waals surface area contributed by atoms with Crippen molar-refractivity contribution in [3.63, 3.8) is 0 Å². The molecule has 6 nitrogen and oxygen atoms in total. The Bertz CT molecular complexity index is 1360. The number of nitrogens with zero attached hydrogens (tertiary/aromatic N) is 2. The number of aliphatic imine (C=N–C) groups is 1. The Morgan fingerprint density at radius 2 is 1.47 bits per heavy atom. The normalized spacial score (nSPS) is 20.9. The summed E-state index contributed by atoms with van der Waals surface area (Å²) in [4.78, 5) is 18.8. The summed E-state index contributed by atoms with van der Waals surface area (Å²) in [5.74, 6) is -0.492. The zero-order chi connectivity index (χ0) is 26.8. The molecule has 0 bridgehead atoms. The largest absolute Gasteiger partial charge is 0.464 e. The van der Waals surface area contributed by atoms with Crippen LogP contribution in [-0.2, 0) is 19.6 Å². The predicted octanol–water partition coefficient (Wildman–Crippen LogP) is 5.54. The molecule has 7 heteroatoms. The first-order chi connectivity index (χ1) is 18.4. The van der Waals surface area contributed by atoms with Crippen LogP contribution in [0.5, 0.6) is 0 Å². The molecule has 1 heterocycles. The summed E-state index contributed by atoms with van der Waals surface area (Å²) in [6.07, 6.45) is 4.31. The lowest BCUT2D eigenvalue weighted by atomic mass is 9.84. The topological polar surface area (TPSA) is 75.8 Å². The first-order valence-corrected chi connectivity index (χ1v) is 14.8. The van der Waals surface area contributed by atoms with E-state index < -0.39 is 33.6 Å². The first-order valence-electron chi connectivity index (χ1n) is 13.3. The highest BCUT2D eigenvalue weighted by Gasteiger charge is 2.71. The summed E-state index contributed by atoms with van der Waals surface area (Å²) in [5.41, 5.74) is 2.72. The van der Waals surface area contributed by atoms with E-state index in [0.717, 1.165) is 36.0 Å². The molecule has 0 aromatic heterocycles. The van der Waals surface area contributed by atoms with Gasteiger partial charge in [0.05, 0.1) is 28.8 Å². The van der Waals surface area contributed by atoms with Crippen molar-refractivity contribution in [3.8, 4) is 0 Å². The van der Waals surface area contributed by atoms with Crippen molar-refractivity contribution >= 4 is 21.7 Å². The summed E-state index contributed by atoms with van der Waals surface area (Å²) in [6, 6.07) is 24.8. The number of carbonyl (C=O) groups excluding carboxylic acids is 1. The zero-order valence-electron chi connectivity index (χ0n) is 21.9. The summed E-state index contributed by atoms with van der Waals surface area (Å²) < 4.78 is 35.2. The van der Waals surface area contributed by atoms with Crippen molar-refractivity contribution in [2.24, 2.45) is 4.99 Å². The molecule has 2 fully saturated rings. The minimum atomic E-state index is -3.84. The predicted molar refractivity (Wildman–Crippen MR) is 149 cm³/mol. The van der Waals surface area contributed by atoms with Crippen LogP contribution in [0.3, 0.4) is 0 Å². The van der Waals surface area contributed by atoms with Crippen LogP contribution in [0.1, 0.15) is 55.7 Å². The SMILES string of the molecule is CCOC(=O)[C@H](N=C(c1ccccc1)c1ccccc1)[C@@H]1N(S(=O)(=O)c2ccc(C)cc2)C12CCCCC2. The van der Waals surface area contributed by atoms with Gasteiger partial charge in [-0.2, -0.15) is 4.31 Å². The first kappa shape index (κ1) is 26.3. The van der Waals surface area contributed by atoms with E-state index in [1.807, 2.05) is 79.7 Å². The minimum Gasteiger partial charge on any atom is -0.464 e. The molecule has 198 valence electrons. The van der Waals surface area contributed by atoms with E-state index in [9.17, 15) is 13.2 Å². The van der Waals surface area contributed by atoms with Gasteiger partial charge in [0.15, 0.2) is 6.04 Å². The third-order valence-electron chi connectivity index (χ3n) is 7.66. The van der Waals surface area contributed by atoms with Gasteiger partial charge < -0.3 is 4.74 Å². The van der Waals surface area contributed by atoms with Crippen molar-refractivity contribution in [1.82, 2.24) is 4.31 Å². The Hall–Kier alpha value is -3.29. The van der Waals surface area contributed by atoms with E-state index >= 15 is 0 Å². The molecular formula is C31H34N2O4S. The maximum Gasteiger partial charge on any atom is 0.332 e. The van der Waals surface area contributed by atoms with E-state index in [-0.39, 0.29) is 11.5 Å². The van der Waals surface area contributed by atoms with Crippen molar-refractivity contribution < 1.29 is 17.9 Å². The van der Waals surface area contributed by atoms with Gasteiger partial charge in [0.25, 0.3) is 0 Å². The lowest BCUT2D eigenvalue weighted by Gasteiger charge is -2.23. The highest BCUT2D eigenvalue weighted by Crippen LogP contribution is 2.56. The molecule has 1 aliphatic carbocycles. The molecule has 1 spiro atoms. The van der Waals surface area contributed by atoms with Gasteiger partial charge in [-0.1, -0.05) is 97.6 Å². The molecule has 3 atom stereocenters. The average molecular weight is 531 g/mol. The average Bonchev–Trinajstić information content (AvgIpc) is 3.57. The van der Waals surface area contributed by atoms with Gasteiger partial charge in [0, 0.05) is 11.1 Å². The van der Waals surface area contributed by atoms with Crippen LogP contribution in [0.2, 0.25) is 0 Å². The standard InChI is InChI=1S/C31H34N2O4S/c1-3-37-30(34)28(32-27(24-13-7-4-8-14-24)25-15-9-5-10-16-25)29-31(21-11-6-12-22-31)33(29)38(35,36)26-19-17-23(2)18-20-26/h4-5,7-10,13-20,28-29H,3,6,11-12,21-22H2,1-2H3/t28-,29+,33?/m1/s1. The lowest BCUT2D eigenvalue weighted by Crippen LogP contribution is -2.34. The molecule has 0 N–H and O–H groups in total. The Kier molecular flexibility index (Phi) is 7.50. The van der Waals surface area contributed by atoms with Crippen LogP contribution in [0.15, 0.2) is 94.8 Å². The molecule has 5 rings (SSSR count). The summed E-state index contributed by atoms with van der Waals surface area (Å²) in [5, 5.41) is 0. The quantitative estimate of drug-likeness (QED) is 0.218.